The Labute approximate surface area is 123 Å². The number of anilines is 1. The lowest BCUT2D eigenvalue weighted by Gasteiger charge is -2.25. The molecule has 2 aromatic rings. The molecule has 0 spiro atoms. The number of likely N-dealkylation sites (N-methyl/N-ethyl adjacent to an activating group) is 1. The Bertz CT molecular complexity index is 639. The third kappa shape index (κ3) is 3.82. The maximum atomic E-state index is 11.6. The predicted molar refractivity (Wildman–Crippen MR) is 82.8 cm³/mol. The van der Waals surface area contributed by atoms with E-state index < -0.39 is 0 Å². The molecule has 1 unspecified atom stereocenters. The Morgan fingerprint density at radius 1 is 1.43 bits per heavy atom. The fraction of sp³-hybridized carbons (Fsp3) is 0.333. The minimum atomic E-state index is -0.222. The van der Waals surface area contributed by atoms with E-state index in [1.165, 1.54) is 6.20 Å². The number of ether oxygens (including phenoxy) is 1. The van der Waals surface area contributed by atoms with Gasteiger partial charge in [0.2, 0.25) is 0 Å². The number of aromatic nitrogens is 2. The number of benzene rings is 1. The second-order valence-electron chi connectivity index (χ2n) is 4.90. The van der Waals surface area contributed by atoms with Gasteiger partial charge in [-0.1, -0.05) is 12.1 Å². The van der Waals surface area contributed by atoms with E-state index >= 15 is 0 Å². The molecule has 2 N–H and O–H groups in total. The highest BCUT2D eigenvalue weighted by molar-refractivity contribution is 5.34. The highest BCUT2D eigenvalue weighted by Gasteiger charge is 2.15. The first-order chi connectivity index (χ1) is 10.1. The Morgan fingerprint density at radius 3 is 2.90 bits per heavy atom. The van der Waals surface area contributed by atoms with Crippen LogP contribution in [0.2, 0.25) is 0 Å². The van der Waals surface area contributed by atoms with Crippen LogP contribution in [-0.4, -0.2) is 42.6 Å². The molecular formula is C15H20N4O2. The van der Waals surface area contributed by atoms with E-state index in [0.29, 0.717) is 12.4 Å². The summed E-state index contributed by atoms with van der Waals surface area (Å²) >= 11 is 0. The van der Waals surface area contributed by atoms with Crippen LogP contribution < -0.4 is 15.6 Å². The van der Waals surface area contributed by atoms with E-state index in [1.807, 2.05) is 38.4 Å². The standard InChI is InChI=1S/C15H20N4O2/c1-19(2)13(11-5-4-6-12(9-11)21-3)10-18-14-15(20)17-8-7-16-14/h4-9,13H,10H2,1-3H3,(H,16,18)(H,17,20). The van der Waals surface area contributed by atoms with Gasteiger partial charge in [-0.05, 0) is 31.8 Å². The van der Waals surface area contributed by atoms with Crippen molar-refractivity contribution in [2.45, 2.75) is 6.04 Å². The van der Waals surface area contributed by atoms with Crippen LogP contribution in [0.15, 0.2) is 41.5 Å². The average molecular weight is 288 g/mol. The third-order valence-electron chi connectivity index (χ3n) is 3.27. The second-order valence-corrected chi connectivity index (χ2v) is 4.90. The van der Waals surface area contributed by atoms with Crippen molar-refractivity contribution in [3.8, 4) is 5.75 Å². The van der Waals surface area contributed by atoms with Gasteiger partial charge in [-0.2, -0.15) is 0 Å². The van der Waals surface area contributed by atoms with Crippen molar-refractivity contribution < 1.29 is 4.74 Å². The van der Waals surface area contributed by atoms with Crippen molar-refractivity contribution in [3.05, 3.63) is 52.6 Å². The van der Waals surface area contributed by atoms with Crippen LogP contribution in [-0.2, 0) is 0 Å². The maximum Gasteiger partial charge on any atom is 0.290 e. The molecule has 1 atom stereocenters. The van der Waals surface area contributed by atoms with Crippen LogP contribution in [0.3, 0.4) is 0 Å². The number of hydrogen-bond donors (Lipinski definition) is 2. The lowest BCUT2D eigenvalue weighted by atomic mass is 10.1. The Morgan fingerprint density at radius 2 is 2.24 bits per heavy atom. The van der Waals surface area contributed by atoms with Gasteiger partial charge >= 0.3 is 0 Å². The fourth-order valence-electron chi connectivity index (χ4n) is 2.12. The van der Waals surface area contributed by atoms with Gasteiger partial charge in [0, 0.05) is 18.9 Å². The molecule has 0 amide bonds. The molecule has 21 heavy (non-hydrogen) atoms. The highest BCUT2D eigenvalue weighted by atomic mass is 16.5. The molecule has 0 bridgehead atoms. The van der Waals surface area contributed by atoms with Crippen molar-refractivity contribution in [2.75, 3.05) is 33.1 Å². The quantitative estimate of drug-likeness (QED) is 0.843. The number of nitrogens with one attached hydrogen (secondary N) is 2. The first-order valence-corrected chi connectivity index (χ1v) is 6.69. The van der Waals surface area contributed by atoms with Gasteiger partial charge in [-0.15, -0.1) is 0 Å². The maximum absolute atomic E-state index is 11.6. The lowest BCUT2D eigenvalue weighted by molar-refractivity contribution is 0.310. The van der Waals surface area contributed by atoms with Gasteiger partial charge in [-0.3, -0.25) is 4.79 Å². The zero-order chi connectivity index (χ0) is 15.2. The lowest BCUT2D eigenvalue weighted by Crippen LogP contribution is -2.28. The summed E-state index contributed by atoms with van der Waals surface area (Å²) in [6.07, 6.45) is 3.07. The van der Waals surface area contributed by atoms with E-state index in [1.54, 1.807) is 13.3 Å². The van der Waals surface area contributed by atoms with Crippen LogP contribution in [0.25, 0.3) is 0 Å². The molecule has 0 radical (unpaired) electrons. The molecule has 0 saturated carbocycles. The largest absolute Gasteiger partial charge is 0.497 e. The number of nitrogens with zero attached hydrogens (tertiary/aromatic N) is 2. The molecule has 0 aliphatic heterocycles. The van der Waals surface area contributed by atoms with Gasteiger partial charge < -0.3 is 19.9 Å². The molecule has 0 saturated heterocycles. The molecule has 0 fully saturated rings. The molecule has 6 nitrogen and oxygen atoms in total. The third-order valence-corrected chi connectivity index (χ3v) is 3.27. The minimum absolute atomic E-state index is 0.0986. The van der Waals surface area contributed by atoms with E-state index in [0.717, 1.165) is 11.3 Å². The van der Waals surface area contributed by atoms with E-state index in [4.69, 9.17) is 4.74 Å². The van der Waals surface area contributed by atoms with Gasteiger partial charge in [0.05, 0.1) is 13.2 Å². The molecule has 6 heteroatoms. The summed E-state index contributed by atoms with van der Waals surface area (Å²) in [6, 6.07) is 8.00. The number of rotatable bonds is 6. The van der Waals surface area contributed by atoms with Crippen molar-refractivity contribution in [2.24, 2.45) is 0 Å². The SMILES string of the molecule is COc1cccc(C(CNc2ncc[nH]c2=O)N(C)C)c1. The topological polar surface area (TPSA) is 70.2 Å². The summed E-state index contributed by atoms with van der Waals surface area (Å²) in [4.78, 5) is 20.3. The van der Waals surface area contributed by atoms with E-state index in [9.17, 15) is 4.79 Å². The Kier molecular flexibility index (Phi) is 4.94. The summed E-state index contributed by atoms with van der Waals surface area (Å²) in [5, 5.41) is 3.09. The molecule has 2 rings (SSSR count). The number of methoxy groups -OCH3 is 1. The Hall–Kier alpha value is -2.34. The molecule has 0 aliphatic rings. The first-order valence-electron chi connectivity index (χ1n) is 6.69. The van der Waals surface area contributed by atoms with Crippen LogP contribution in [0.1, 0.15) is 11.6 Å². The number of hydrogen-bond acceptors (Lipinski definition) is 5. The van der Waals surface area contributed by atoms with Crippen molar-refractivity contribution in [1.29, 1.82) is 0 Å². The molecule has 1 heterocycles. The summed E-state index contributed by atoms with van der Waals surface area (Å²) in [5.74, 6) is 1.14. The first kappa shape index (κ1) is 15.1. The normalized spacial score (nSPS) is 12.2. The summed E-state index contributed by atoms with van der Waals surface area (Å²) in [7, 11) is 5.64. The average Bonchev–Trinajstić information content (AvgIpc) is 2.49. The zero-order valence-corrected chi connectivity index (χ0v) is 12.5. The van der Waals surface area contributed by atoms with E-state index in [-0.39, 0.29) is 11.6 Å². The Balaban J connectivity index is 2.16. The van der Waals surface area contributed by atoms with Gasteiger partial charge in [0.15, 0.2) is 5.82 Å². The highest BCUT2D eigenvalue weighted by Crippen LogP contribution is 2.22. The van der Waals surface area contributed by atoms with Gasteiger partial charge in [0.1, 0.15) is 5.75 Å². The molecule has 1 aromatic heterocycles. The van der Waals surface area contributed by atoms with Crippen LogP contribution in [0.4, 0.5) is 5.82 Å². The van der Waals surface area contributed by atoms with Crippen LogP contribution in [0.5, 0.6) is 5.75 Å². The van der Waals surface area contributed by atoms with Gasteiger partial charge in [-0.25, -0.2) is 4.98 Å². The summed E-state index contributed by atoms with van der Waals surface area (Å²) in [6.45, 7) is 0.570. The predicted octanol–water partition coefficient (Wildman–Crippen LogP) is 1.49. The van der Waals surface area contributed by atoms with Crippen molar-refractivity contribution >= 4 is 5.82 Å². The van der Waals surface area contributed by atoms with Crippen LogP contribution in [0, 0.1) is 0 Å². The smallest absolute Gasteiger partial charge is 0.290 e. The van der Waals surface area contributed by atoms with E-state index in [2.05, 4.69) is 20.2 Å². The van der Waals surface area contributed by atoms with Crippen LogP contribution >= 0.6 is 0 Å². The fourth-order valence-corrected chi connectivity index (χ4v) is 2.12. The monoisotopic (exact) mass is 288 g/mol. The number of aromatic amines is 1. The summed E-state index contributed by atoms with van der Waals surface area (Å²) < 4.78 is 5.26. The van der Waals surface area contributed by atoms with Gasteiger partial charge in [0.25, 0.3) is 5.56 Å². The number of H-pyrrole nitrogens is 1. The van der Waals surface area contributed by atoms with Crippen molar-refractivity contribution in [3.63, 3.8) is 0 Å². The second kappa shape index (κ2) is 6.90. The van der Waals surface area contributed by atoms with Crippen molar-refractivity contribution in [1.82, 2.24) is 14.9 Å². The molecule has 0 aliphatic carbocycles. The zero-order valence-electron chi connectivity index (χ0n) is 12.5. The summed E-state index contributed by atoms with van der Waals surface area (Å²) in [5.41, 5.74) is 0.889. The molecular weight excluding hydrogens is 268 g/mol. The molecule has 1 aromatic carbocycles. The molecule has 112 valence electrons. The minimum Gasteiger partial charge on any atom is -0.497 e.